The first-order valence-corrected chi connectivity index (χ1v) is 6.78. The molecular formula is C14H13BrF2N2O. The summed E-state index contributed by atoms with van der Waals surface area (Å²) in [6.45, 7) is -0.0499. The highest BCUT2D eigenvalue weighted by Crippen LogP contribution is 2.16. The van der Waals surface area contributed by atoms with E-state index in [0.717, 1.165) is 15.9 Å². The Labute approximate surface area is 124 Å². The van der Waals surface area contributed by atoms with Crippen LogP contribution < -0.4 is 10.1 Å². The summed E-state index contributed by atoms with van der Waals surface area (Å²) in [7, 11) is 0. The summed E-state index contributed by atoms with van der Waals surface area (Å²) in [6, 6.07) is 10.8. The molecule has 0 saturated carbocycles. The van der Waals surface area contributed by atoms with Crippen LogP contribution in [-0.2, 0) is 6.54 Å². The molecule has 1 aromatic heterocycles. The minimum absolute atomic E-state index is 0.438. The predicted octanol–water partition coefficient (Wildman–Crippen LogP) is 4.10. The number of alkyl halides is 2. The van der Waals surface area contributed by atoms with Crippen molar-refractivity contribution in [1.82, 2.24) is 4.98 Å². The summed E-state index contributed by atoms with van der Waals surface area (Å²) < 4.78 is 30.0. The van der Waals surface area contributed by atoms with Crippen molar-refractivity contribution in [3.05, 3.63) is 52.6 Å². The van der Waals surface area contributed by atoms with Crippen LogP contribution in [-0.4, -0.2) is 18.0 Å². The van der Waals surface area contributed by atoms with Crippen LogP contribution in [0.1, 0.15) is 5.56 Å². The number of nitrogens with one attached hydrogen (secondary N) is 1. The Kier molecular flexibility index (Phi) is 5.29. The van der Waals surface area contributed by atoms with Crippen molar-refractivity contribution in [3.8, 4) is 5.75 Å². The van der Waals surface area contributed by atoms with Crippen LogP contribution in [0.25, 0.3) is 0 Å². The summed E-state index contributed by atoms with van der Waals surface area (Å²) in [5.41, 5.74) is 0.932. The van der Waals surface area contributed by atoms with Gasteiger partial charge in [-0.05, 0) is 45.8 Å². The van der Waals surface area contributed by atoms with E-state index in [-0.39, 0.29) is 0 Å². The maximum atomic E-state index is 12.1. The molecule has 0 fully saturated rings. The highest BCUT2D eigenvalue weighted by Gasteiger charge is 2.04. The normalized spacial score (nSPS) is 10.6. The lowest BCUT2D eigenvalue weighted by Gasteiger charge is -2.09. The number of rotatable bonds is 6. The van der Waals surface area contributed by atoms with E-state index in [0.29, 0.717) is 12.3 Å². The molecule has 0 aliphatic heterocycles. The third-order valence-corrected chi connectivity index (χ3v) is 2.94. The van der Waals surface area contributed by atoms with Crippen molar-refractivity contribution in [2.75, 3.05) is 11.9 Å². The van der Waals surface area contributed by atoms with Crippen LogP contribution in [0.5, 0.6) is 5.75 Å². The van der Waals surface area contributed by atoms with E-state index in [1.165, 1.54) is 0 Å². The fraction of sp³-hybridized carbons (Fsp3) is 0.214. The van der Waals surface area contributed by atoms with Gasteiger partial charge >= 0.3 is 0 Å². The molecule has 0 aliphatic rings. The van der Waals surface area contributed by atoms with Crippen molar-refractivity contribution < 1.29 is 13.5 Å². The summed E-state index contributed by atoms with van der Waals surface area (Å²) in [6.07, 6.45) is -0.770. The molecule has 0 atom stereocenters. The molecule has 20 heavy (non-hydrogen) atoms. The smallest absolute Gasteiger partial charge is 0.272 e. The van der Waals surface area contributed by atoms with Gasteiger partial charge in [-0.3, -0.25) is 0 Å². The molecule has 0 spiro atoms. The van der Waals surface area contributed by atoms with Gasteiger partial charge in [0.05, 0.1) is 0 Å². The highest BCUT2D eigenvalue weighted by atomic mass is 79.9. The average Bonchev–Trinajstić information content (AvgIpc) is 2.45. The minimum atomic E-state index is -2.47. The van der Waals surface area contributed by atoms with Crippen LogP contribution in [0, 0.1) is 0 Å². The molecule has 1 heterocycles. The lowest BCUT2D eigenvalue weighted by Crippen LogP contribution is -2.07. The first-order valence-electron chi connectivity index (χ1n) is 5.99. The molecule has 3 nitrogen and oxygen atoms in total. The largest absolute Gasteiger partial charge is 0.488 e. The van der Waals surface area contributed by atoms with E-state index in [9.17, 15) is 8.78 Å². The number of hydrogen-bond donors (Lipinski definition) is 1. The van der Waals surface area contributed by atoms with E-state index in [1.54, 1.807) is 24.4 Å². The molecule has 0 amide bonds. The van der Waals surface area contributed by atoms with Gasteiger partial charge < -0.3 is 10.1 Å². The Hall–Kier alpha value is -1.69. The first-order chi connectivity index (χ1) is 9.63. The summed E-state index contributed by atoms with van der Waals surface area (Å²) in [4.78, 5) is 4.19. The van der Waals surface area contributed by atoms with Gasteiger partial charge in [-0.1, -0.05) is 12.1 Å². The number of anilines is 1. The third kappa shape index (κ3) is 4.77. The number of ether oxygens (including phenoxy) is 1. The monoisotopic (exact) mass is 342 g/mol. The van der Waals surface area contributed by atoms with Gasteiger partial charge in [-0.2, -0.15) is 0 Å². The van der Waals surface area contributed by atoms with Gasteiger partial charge in [0.2, 0.25) is 0 Å². The maximum Gasteiger partial charge on any atom is 0.272 e. The Bertz CT molecular complexity index is 549. The average molecular weight is 343 g/mol. The number of hydrogen-bond acceptors (Lipinski definition) is 3. The SMILES string of the molecule is FC(F)COc1cccc(CNc2ccc(Br)cn2)c1. The summed E-state index contributed by atoms with van der Waals surface area (Å²) in [5, 5.41) is 3.14. The molecule has 0 saturated heterocycles. The zero-order valence-corrected chi connectivity index (χ0v) is 12.1. The number of nitrogens with zero attached hydrogens (tertiary/aromatic N) is 1. The zero-order chi connectivity index (χ0) is 14.4. The fourth-order valence-corrected chi connectivity index (χ4v) is 1.81. The van der Waals surface area contributed by atoms with E-state index < -0.39 is 13.0 Å². The highest BCUT2D eigenvalue weighted by molar-refractivity contribution is 9.10. The number of halogens is 3. The topological polar surface area (TPSA) is 34.1 Å². The molecule has 1 N–H and O–H groups in total. The van der Waals surface area contributed by atoms with Crippen LogP contribution in [0.2, 0.25) is 0 Å². The van der Waals surface area contributed by atoms with Gasteiger partial charge in [0.25, 0.3) is 6.43 Å². The Morgan fingerprint density at radius 2 is 2.10 bits per heavy atom. The van der Waals surface area contributed by atoms with Gasteiger partial charge in [-0.25, -0.2) is 13.8 Å². The Morgan fingerprint density at radius 3 is 2.80 bits per heavy atom. The lowest BCUT2D eigenvalue weighted by atomic mass is 10.2. The molecule has 0 unspecified atom stereocenters. The molecule has 2 aromatic rings. The minimum Gasteiger partial charge on any atom is -0.488 e. The van der Waals surface area contributed by atoms with Crippen LogP contribution in [0.15, 0.2) is 47.1 Å². The predicted molar refractivity (Wildman–Crippen MR) is 77.2 cm³/mol. The van der Waals surface area contributed by atoms with Crippen molar-refractivity contribution in [3.63, 3.8) is 0 Å². The van der Waals surface area contributed by atoms with Crippen LogP contribution in [0.3, 0.4) is 0 Å². The molecule has 2 rings (SSSR count). The molecule has 1 aromatic carbocycles. The van der Waals surface area contributed by atoms with E-state index in [1.807, 2.05) is 18.2 Å². The van der Waals surface area contributed by atoms with Crippen molar-refractivity contribution >= 4 is 21.7 Å². The van der Waals surface area contributed by atoms with Gasteiger partial charge in [-0.15, -0.1) is 0 Å². The lowest BCUT2D eigenvalue weighted by molar-refractivity contribution is 0.0818. The molecule has 0 aliphatic carbocycles. The second kappa shape index (κ2) is 7.19. The molecule has 0 radical (unpaired) electrons. The molecule has 0 bridgehead atoms. The van der Waals surface area contributed by atoms with Gasteiger partial charge in [0.15, 0.2) is 0 Å². The van der Waals surface area contributed by atoms with Crippen molar-refractivity contribution in [2.45, 2.75) is 13.0 Å². The second-order valence-electron chi connectivity index (χ2n) is 4.06. The quantitative estimate of drug-likeness (QED) is 0.858. The maximum absolute atomic E-state index is 12.1. The van der Waals surface area contributed by atoms with Crippen molar-refractivity contribution in [1.29, 1.82) is 0 Å². The number of pyridine rings is 1. The van der Waals surface area contributed by atoms with Crippen LogP contribution in [0.4, 0.5) is 14.6 Å². The van der Waals surface area contributed by atoms with Crippen LogP contribution >= 0.6 is 15.9 Å². The van der Waals surface area contributed by atoms with Gasteiger partial charge in [0, 0.05) is 17.2 Å². The zero-order valence-electron chi connectivity index (χ0n) is 10.5. The second-order valence-corrected chi connectivity index (χ2v) is 4.98. The fourth-order valence-electron chi connectivity index (χ4n) is 1.58. The third-order valence-electron chi connectivity index (χ3n) is 2.48. The molecule has 6 heteroatoms. The van der Waals surface area contributed by atoms with E-state index in [4.69, 9.17) is 4.74 Å². The molecular weight excluding hydrogens is 330 g/mol. The van der Waals surface area contributed by atoms with Crippen molar-refractivity contribution in [2.24, 2.45) is 0 Å². The standard InChI is InChI=1S/C14H13BrF2N2O/c15-11-4-5-14(19-8-11)18-7-10-2-1-3-12(6-10)20-9-13(16)17/h1-6,8,13H,7,9H2,(H,18,19). The summed E-state index contributed by atoms with van der Waals surface area (Å²) in [5.74, 6) is 1.18. The molecule has 106 valence electrons. The first kappa shape index (κ1) is 14.7. The number of aromatic nitrogens is 1. The Balaban J connectivity index is 1.92. The van der Waals surface area contributed by atoms with Gasteiger partial charge in [0.1, 0.15) is 18.2 Å². The summed E-state index contributed by atoms with van der Waals surface area (Å²) >= 11 is 3.31. The van der Waals surface area contributed by atoms with E-state index in [2.05, 4.69) is 26.2 Å². The Morgan fingerprint density at radius 1 is 1.25 bits per heavy atom. The van der Waals surface area contributed by atoms with E-state index >= 15 is 0 Å². The number of benzene rings is 1.